The van der Waals surface area contributed by atoms with E-state index < -0.39 is 0 Å². The minimum absolute atomic E-state index is 0.393. The summed E-state index contributed by atoms with van der Waals surface area (Å²) in [5.74, 6) is 0.393. The highest BCUT2D eigenvalue weighted by molar-refractivity contribution is 5.80. The molecule has 0 bridgehead atoms. The van der Waals surface area contributed by atoms with Crippen molar-refractivity contribution in [3.8, 4) is 0 Å². The number of carbonyl (C=O) groups excluding carboxylic acids is 1. The first-order chi connectivity index (χ1) is 10.1. The number of aryl methyl sites for hydroxylation is 2. The van der Waals surface area contributed by atoms with Crippen LogP contribution in [0.2, 0.25) is 0 Å². The lowest BCUT2D eigenvalue weighted by Gasteiger charge is -2.05. The van der Waals surface area contributed by atoms with Gasteiger partial charge in [0.15, 0.2) is 0 Å². The highest BCUT2D eigenvalue weighted by atomic mass is 16.1. The average Bonchev–Trinajstić information content (AvgIpc) is 2.46. The maximum Gasteiger partial charge on any atom is 0.137 e. The normalized spacial score (nSPS) is 10.8. The van der Waals surface area contributed by atoms with Crippen molar-refractivity contribution < 1.29 is 4.79 Å². The second-order valence-corrected chi connectivity index (χ2v) is 6.36. The van der Waals surface area contributed by atoms with Gasteiger partial charge in [0.05, 0.1) is 0 Å². The fraction of sp³-hybridized carbons (Fsp3) is 0.650. The van der Waals surface area contributed by atoms with Crippen LogP contribution < -0.4 is 0 Å². The van der Waals surface area contributed by atoms with Crippen LogP contribution in [0.5, 0.6) is 0 Å². The Bertz CT molecular complexity index is 420. The molecule has 0 atom stereocenters. The van der Waals surface area contributed by atoms with Crippen molar-refractivity contribution in [3.05, 3.63) is 34.9 Å². The van der Waals surface area contributed by atoms with Gasteiger partial charge in [-0.15, -0.1) is 0 Å². The van der Waals surface area contributed by atoms with Crippen LogP contribution in [0.3, 0.4) is 0 Å². The Morgan fingerprint density at radius 2 is 1.48 bits per heavy atom. The highest BCUT2D eigenvalue weighted by Crippen LogP contribution is 2.13. The van der Waals surface area contributed by atoms with E-state index >= 15 is 0 Å². The first-order valence-electron chi connectivity index (χ1n) is 8.71. The summed E-state index contributed by atoms with van der Waals surface area (Å²) in [4.78, 5) is 12.0. The number of unbranched alkanes of at least 4 members (excludes halogenated alkanes) is 7. The largest absolute Gasteiger partial charge is 0.299 e. The van der Waals surface area contributed by atoms with Crippen molar-refractivity contribution in [2.24, 2.45) is 0 Å². The van der Waals surface area contributed by atoms with Crippen molar-refractivity contribution in [2.75, 3.05) is 0 Å². The summed E-state index contributed by atoms with van der Waals surface area (Å²) in [5, 5.41) is 0. The predicted octanol–water partition coefficient (Wildman–Crippen LogP) is 5.95. The minimum atomic E-state index is 0.393. The van der Waals surface area contributed by atoms with E-state index in [2.05, 4.69) is 39.0 Å². The standard InChI is InChI=1S/C20H32O/c1-4-5-6-7-8-9-10-11-12-20(21)16-19-14-13-17(2)18(3)15-19/h13-15H,4-12,16H2,1-3H3. The smallest absolute Gasteiger partial charge is 0.137 e. The molecule has 0 N–H and O–H groups in total. The number of carbonyl (C=O) groups is 1. The number of rotatable bonds is 11. The molecule has 0 unspecified atom stereocenters. The zero-order valence-corrected chi connectivity index (χ0v) is 14.2. The summed E-state index contributed by atoms with van der Waals surface area (Å²) >= 11 is 0. The van der Waals surface area contributed by atoms with Crippen LogP contribution in [-0.2, 0) is 11.2 Å². The molecule has 0 amide bonds. The van der Waals surface area contributed by atoms with E-state index in [-0.39, 0.29) is 0 Å². The molecule has 0 heterocycles. The molecule has 1 rings (SSSR count). The fourth-order valence-electron chi connectivity index (χ4n) is 2.69. The molecule has 0 aromatic heterocycles. The predicted molar refractivity (Wildman–Crippen MR) is 91.9 cm³/mol. The molecule has 0 saturated carbocycles. The van der Waals surface area contributed by atoms with Crippen LogP contribution in [-0.4, -0.2) is 5.78 Å². The van der Waals surface area contributed by atoms with Crippen molar-refractivity contribution in [1.29, 1.82) is 0 Å². The molecule has 0 aliphatic heterocycles. The molecule has 1 aromatic carbocycles. The molecule has 1 heteroatoms. The Morgan fingerprint density at radius 3 is 2.10 bits per heavy atom. The van der Waals surface area contributed by atoms with E-state index in [1.165, 1.54) is 61.6 Å². The van der Waals surface area contributed by atoms with Crippen LogP contribution in [0.4, 0.5) is 0 Å². The third kappa shape index (κ3) is 8.04. The molecule has 1 aromatic rings. The van der Waals surface area contributed by atoms with E-state index in [0.717, 1.165) is 12.8 Å². The van der Waals surface area contributed by atoms with Gasteiger partial charge in [-0.3, -0.25) is 4.79 Å². The second-order valence-electron chi connectivity index (χ2n) is 6.36. The molecule has 0 aliphatic rings. The number of hydrogen-bond donors (Lipinski definition) is 0. The van der Waals surface area contributed by atoms with E-state index in [0.29, 0.717) is 12.2 Å². The summed E-state index contributed by atoms with van der Waals surface area (Å²) < 4.78 is 0. The zero-order valence-electron chi connectivity index (χ0n) is 14.2. The van der Waals surface area contributed by atoms with Crippen molar-refractivity contribution in [3.63, 3.8) is 0 Å². The quantitative estimate of drug-likeness (QED) is 0.460. The summed E-state index contributed by atoms with van der Waals surface area (Å²) in [6, 6.07) is 6.36. The van der Waals surface area contributed by atoms with Gasteiger partial charge in [-0.1, -0.05) is 70.1 Å². The topological polar surface area (TPSA) is 17.1 Å². The molecule has 118 valence electrons. The number of Topliss-reactive ketones (excluding diaryl/α,β-unsaturated/α-hetero) is 1. The van der Waals surface area contributed by atoms with Gasteiger partial charge in [0, 0.05) is 12.8 Å². The van der Waals surface area contributed by atoms with Crippen molar-refractivity contribution >= 4 is 5.78 Å². The summed E-state index contributed by atoms with van der Waals surface area (Å²) in [6.45, 7) is 6.48. The van der Waals surface area contributed by atoms with E-state index in [1.807, 2.05) is 0 Å². The maximum absolute atomic E-state index is 12.0. The Kier molecular flexibility index (Phi) is 9.05. The monoisotopic (exact) mass is 288 g/mol. The molecular formula is C20H32O. The van der Waals surface area contributed by atoms with Crippen molar-refractivity contribution in [1.82, 2.24) is 0 Å². The molecule has 1 nitrogen and oxygen atoms in total. The van der Waals surface area contributed by atoms with Crippen LogP contribution in [0.15, 0.2) is 18.2 Å². The Balaban J connectivity index is 2.10. The maximum atomic E-state index is 12.0. The van der Waals surface area contributed by atoms with Gasteiger partial charge in [0.1, 0.15) is 5.78 Å². The zero-order chi connectivity index (χ0) is 15.5. The minimum Gasteiger partial charge on any atom is -0.299 e. The first kappa shape index (κ1) is 17.9. The number of hydrogen-bond acceptors (Lipinski definition) is 1. The van der Waals surface area contributed by atoms with Gasteiger partial charge in [0.2, 0.25) is 0 Å². The van der Waals surface area contributed by atoms with Gasteiger partial charge in [-0.2, -0.15) is 0 Å². The molecule has 0 spiro atoms. The van der Waals surface area contributed by atoms with Gasteiger partial charge >= 0.3 is 0 Å². The number of benzene rings is 1. The van der Waals surface area contributed by atoms with E-state index in [9.17, 15) is 4.79 Å². The lowest BCUT2D eigenvalue weighted by Crippen LogP contribution is -2.03. The fourth-order valence-corrected chi connectivity index (χ4v) is 2.69. The Labute approximate surface area is 131 Å². The highest BCUT2D eigenvalue weighted by Gasteiger charge is 2.04. The first-order valence-corrected chi connectivity index (χ1v) is 8.71. The molecule has 21 heavy (non-hydrogen) atoms. The van der Waals surface area contributed by atoms with Gasteiger partial charge in [-0.05, 0) is 37.0 Å². The molecule has 0 aliphatic carbocycles. The molecular weight excluding hydrogens is 256 g/mol. The van der Waals surface area contributed by atoms with Gasteiger partial charge in [-0.25, -0.2) is 0 Å². The summed E-state index contributed by atoms with van der Waals surface area (Å²) in [5.41, 5.74) is 3.75. The SMILES string of the molecule is CCCCCCCCCCC(=O)Cc1ccc(C)c(C)c1. The second kappa shape index (κ2) is 10.6. The Morgan fingerprint density at radius 1 is 0.857 bits per heavy atom. The lowest BCUT2D eigenvalue weighted by atomic mass is 10.00. The van der Waals surface area contributed by atoms with Gasteiger partial charge in [0.25, 0.3) is 0 Å². The van der Waals surface area contributed by atoms with Gasteiger partial charge < -0.3 is 0 Å². The number of ketones is 1. The van der Waals surface area contributed by atoms with Crippen LogP contribution >= 0.6 is 0 Å². The van der Waals surface area contributed by atoms with Crippen LogP contribution in [0.1, 0.15) is 81.4 Å². The summed E-state index contributed by atoms with van der Waals surface area (Å²) in [6.07, 6.45) is 11.7. The Hall–Kier alpha value is -1.11. The molecule has 0 fully saturated rings. The van der Waals surface area contributed by atoms with E-state index in [1.54, 1.807) is 0 Å². The van der Waals surface area contributed by atoms with Crippen LogP contribution in [0, 0.1) is 13.8 Å². The van der Waals surface area contributed by atoms with Crippen molar-refractivity contribution in [2.45, 2.75) is 85.0 Å². The summed E-state index contributed by atoms with van der Waals surface area (Å²) in [7, 11) is 0. The van der Waals surface area contributed by atoms with Crippen LogP contribution in [0.25, 0.3) is 0 Å². The average molecular weight is 288 g/mol. The third-order valence-electron chi connectivity index (χ3n) is 4.28. The third-order valence-corrected chi connectivity index (χ3v) is 4.28. The molecule has 0 radical (unpaired) electrons. The lowest BCUT2D eigenvalue weighted by molar-refractivity contribution is -0.118. The van der Waals surface area contributed by atoms with E-state index in [4.69, 9.17) is 0 Å². The molecule has 0 saturated heterocycles.